The fourth-order valence-corrected chi connectivity index (χ4v) is 4.62. The van der Waals surface area contributed by atoms with Crippen molar-refractivity contribution in [1.82, 2.24) is 15.2 Å². The third-order valence-corrected chi connectivity index (χ3v) is 6.30. The fraction of sp³-hybridized carbons (Fsp3) is 0.111. The second-order valence-electron chi connectivity index (χ2n) is 5.56. The molecule has 0 bridgehead atoms. The van der Waals surface area contributed by atoms with Gasteiger partial charge in [0.1, 0.15) is 10.7 Å². The van der Waals surface area contributed by atoms with Crippen LogP contribution in [0.4, 0.5) is 5.13 Å². The van der Waals surface area contributed by atoms with Crippen LogP contribution >= 0.6 is 34.4 Å². The number of carbonyl (C=O) groups excluding carboxylic acids is 1. The summed E-state index contributed by atoms with van der Waals surface area (Å²) in [6, 6.07) is 13.9. The van der Waals surface area contributed by atoms with Gasteiger partial charge >= 0.3 is 0 Å². The highest BCUT2D eigenvalue weighted by molar-refractivity contribution is 7.99. The van der Waals surface area contributed by atoms with Gasteiger partial charge in [0.15, 0.2) is 5.13 Å². The van der Waals surface area contributed by atoms with Gasteiger partial charge in [-0.15, -0.1) is 21.5 Å². The molecule has 0 unspecified atom stereocenters. The number of nitrogens with zero attached hydrogens (tertiary/aromatic N) is 3. The van der Waals surface area contributed by atoms with Gasteiger partial charge in [0, 0.05) is 0 Å². The molecule has 0 aliphatic rings. The van der Waals surface area contributed by atoms with E-state index in [1.165, 1.54) is 28.7 Å². The molecule has 0 saturated carbocycles. The van der Waals surface area contributed by atoms with E-state index >= 15 is 0 Å². The average molecular weight is 399 g/mol. The summed E-state index contributed by atoms with van der Waals surface area (Å²) in [5.41, 5.74) is 2.93. The largest absolute Gasteiger partial charge is 0.301 e. The molecule has 0 radical (unpaired) electrons. The van der Waals surface area contributed by atoms with Crippen LogP contribution in [0, 0.1) is 6.92 Å². The van der Waals surface area contributed by atoms with Crippen LogP contribution in [0.1, 0.15) is 5.56 Å². The lowest BCUT2D eigenvalue weighted by molar-refractivity contribution is -0.113. The molecule has 1 aromatic carbocycles. The van der Waals surface area contributed by atoms with Gasteiger partial charge in [0.05, 0.1) is 20.8 Å². The first-order valence-electron chi connectivity index (χ1n) is 7.85. The van der Waals surface area contributed by atoms with E-state index in [9.17, 15) is 4.79 Å². The Bertz CT molecular complexity index is 1040. The van der Waals surface area contributed by atoms with Crippen molar-refractivity contribution in [3.8, 4) is 10.6 Å². The lowest BCUT2D eigenvalue weighted by Crippen LogP contribution is -2.13. The van der Waals surface area contributed by atoms with Gasteiger partial charge in [-0.05, 0) is 48.2 Å². The molecule has 3 heterocycles. The van der Waals surface area contributed by atoms with Crippen LogP contribution in [0.3, 0.4) is 0 Å². The number of nitrogens with one attached hydrogen (secondary N) is 1. The molecule has 3 aromatic heterocycles. The van der Waals surface area contributed by atoms with Gasteiger partial charge in [0.25, 0.3) is 0 Å². The molecule has 1 N–H and O–H groups in total. The number of benzene rings is 1. The molecule has 5 nitrogen and oxygen atoms in total. The number of amides is 1. The predicted molar refractivity (Wildman–Crippen MR) is 109 cm³/mol. The van der Waals surface area contributed by atoms with E-state index < -0.39 is 0 Å². The Kier molecular flexibility index (Phi) is 4.96. The predicted octanol–water partition coefficient (Wildman–Crippen LogP) is 4.85. The van der Waals surface area contributed by atoms with Crippen LogP contribution in [0.15, 0.2) is 52.9 Å². The van der Waals surface area contributed by atoms with Crippen molar-refractivity contribution in [3.63, 3.8) is 0 Å². The second-order valence-corrected chi connectivity index (χ2v) is 8.54. The normalized spacial score (nSPS) is 11.0. The van der Waals surface area contributed by atoms with E-state index in [1.807, 2.05) is 48.7 Å². The van der Waals surface area contributed by atoms with E-state index in [4.69, 9.17) is 0 Å². The number of aromatic nitrogens is 3. The Morgan fingerprint density at radius 3 is 2.88 bits per heavy atom. The molecule has 4 aromatic rings. The van der Waals surface area contributed by atoms with Gasteiger partial charge in [-0.2, -0.15) is 0 Å². The molecular formula is C18H14N4OS3. The van der Waals surface area contributed by atoms with Crippen molar-refractivity contribution in [1.29, 1.82) is 0 Å². The van der Waals surface area contributed by atoms with Crippen LogP contribution in [-0.4, -0.2) is 26.8 Å². The molecular weight excluding hydrogens is 384 g/mol. The summed E-state index contributed by atoms with van der Waals surface area (Å²) in [4.78, 5) is 17.7. The zero-order chi connectivity index (χ0) is 17.9. The van der Waals surface area contributed by atoms with E-state index in [-0.39, 0.29) is 11.7 Å². The second kappa shape index (κ2) is 7.53. The van der Waals surface area contributed by atoms with E-state index in [2.05, 4.69) is 26.6 Å². The number of thiophene rings is 1. The van der Waals surface area contributed by atoms with Crippen LogP contribution in [-0.2, 0) is 4.79 Å². The minimum Gasteiger partial charge on any atom is -0.301 e. The Hall–Kier alpha value is -2.29. The average Bonchev–Trinajstić information content (AvgIpc) is 3.29. The van der Waals surface area contributed by atoms with E-state index in [0.29, 0.717) is 5.13 Å². The maximum Gasteiger partial charge on any atom is 0.236 e. The molecule has 0 saturated heterocycles. The van der Waals surface area contributed by atoms with Crippen molar-refractivity contribution < 1.29 is 4.79 Å². The third-order valence-electron chi connectivity index (χ3n) is 3.56. The number of hydrogen-bond acceptors (Lipinski definition) is 7. The van der Waals surface area contributed by atoms with Crippen LogP contribution < -0.4 is 5.32 Å². The minimum absolute atomic E-state index is 0.102. The molecule has 130 valence electrons. The SMILES string of the molecule is Cc1ccc2nc(NC(=O)CSc3ccc(-c4cccs4)nn3)sc2c1. The summed E-state index contributed by atoms with van der Waals surface area (Å²) in [6.45, 7) is 2.04. The molecule has 0 atom stereocenters. The van der Waals surface area contributed by atoms with Crippen molar-refractivity contribution in [2.45, 2.75) is 11.9 Å². The molecule has 0 spiro atoms. The fourth-order valence-electron chi connectivity index (χ4n) is 2.33. The number of anilines is 1. The molecule has 1 amide bonds. The lowest BCUT2D eigenvalue weighted by atomic mass is 10.2. The molecule has 0 aliphatic carbocycles. The number of thiazole rings is 1. The van der Waals surface area contributed by atoms with Crippen molar-refractivity contribution in [2.24, 2.45) is 0 Å². The smallest absolute Gasteiger partial charge is 0.236 e. The van der Waals surface area contributed by atoms with Crippen molar-refractivity contribution in [3.05, 3.63) is 53.4 Å². The summed E-state index contributed by atoms with van der Waals surface area (Å²) in [5, 5.41) is 14.6. The lowest BCUT2D eigenvalue weighted by Gasteiger charge is -2.02. The topological polar surface area (TPSA) is 67.8 Å². The first-order chi connectivity index (χ1) is 12.7. The van der Waals surface area contributed by atoms with Crippen LogP contribution in [0.25, 0.3) is 20.8 Å². The molecule has 0 aliphatic heterocycles. The van der Waals surface area contributed by atoms with Crippen LogP contribution in [0.2, 0.25) is 0 Å². The molecule has 8 heteroatoms. The monoisotopic (exact) mass is 398 g/mol. The van der Waals surface area contributed by atoms with Gasteiger partial charge in [0.2, 0.25) is 5.91 Å². The van der Waals surface area contributed by atoms with Crippen LogP contribution in [0.5, 0.6) is 0 Å². The standard InChI is InChI=1S/C18H14N4OS3/c1-11-4-5-12-15(9-11)26-18(19-12)20-16(23)10-25-17-7-6-13(21-22-17)14-3-2-8-24-14/h2-9H,10H2,1H3,(H,19,20,23). The van der Waals surface area contributed by atoms with Gasteiger partial charge in [-0.25, -0.2) is 4.98 Å². The first kappa shape index (κ1) is 17.1. The minimum atomic E-state index is -0.102. The molecule has 4 rings (SSSR count). The summed E-state index contributed by atoms with van der Waals surface area (Å²) in [7, 11) is 0. The summed E-state index contributed by atoms with van der Waals surface area (Å²) >= 11 is 4.47. The van der Waals surface area contributed by atoms with Crippen molar-refractivity contribution in [2.75, 3.05) is 11.1 Å². The van der Waals surface area contributed by atoms with E-state index in [0.717, 1.165) is 25.8 Å². The third kappa shape index (κ3) is 3.92. The highest BCUT2D eigenvalue weighted by atomic mass is 32.2. The molecule has 0 fully saturated rings. The highest BCUT2D eigenvalue weighted by Gasteiger charge is 2.10. The Morgan fingerprint density at radius 1 is 1.19 bits per heavy atom. The maximum atomic E-state index is 12.2. The highest BCUT2D eigenvalue weighted by Crippen LogP contribution is 2.27. The Labute approximate surface area is 162 Å². The zero-order valence-corrected chi connectivity index (χ0v) is 16.3. The first-order valence-corrected chi connectivity index (χ1v) is 10.5. The van der Waals surface area contributed by atoms with Crippen molar-refractivity contribution >= 4 is 55.7 Å². The van der Waals surface area contributed by atoms with E-state index in [1.54, 1.807) is 11.3 Å². The number of rotatable bonds is 5. The number of fused-ring (bicyclic) bond motifs is 1. The quantitative estimate of drug-likeness (QED) is 0.487. The molecule has 26 heavy (non-hydrogen) atoms. The number of carbonyl (C=O) groups is 1. The number of thioether (sulfide) groups is 1. The summed E-state index contributed by atoms with van der Waals surface area (Å²) < 4.78 is 1.07. The van der Waals surface area contributed by atoms with Gasteiger partial charge < -0.3 is 5.32 Å². The number of hydrogen-bond donors (Lipinski definition) is 1. The number of aryl methyl sites for hydroxylation is 1. The zero-order valence-electron chi connectivity index (χ0n) is 13.8. The summed E-state index contributed by atoms with van der Waals surface area (Å²) in [6.07, 6.45) is 0. The van der Waals surface area contributed by atoms with Gasteiger partial charge in [-0.1, -0.05) is 35.2 Å². The summed E-state index contributed by atoms with van der Waals surface area (Å²) in [5.74, 6) is 0.164. The Morgan fingerprint density at radius 2 is 2.12 bits per heavy atom. The maximum absolute atomic E-state index is 12.2. The Balaban J connectivity index is 1.35. The van der Waals surface area contributed by atoms with Gasteiger partial charge in [-0.3, -0.25) is 4.79 Å².